The van der Waals surface area contributed by atoms with Gasteiger partial charge >= 0.3 is 5.97 Å². The second kappa shape index (κ2) is 5.69. The second-order valence-electron chi connectivity index (χ2n) is 4.34. The molecule has 1 aliphatic rings. The summed E-state index contributed by atoms with van der Waals surface area (Å²) in [6.07, 6.45) is 1.32. The number of carbonyl (C=O) groups excluding carboxylic acids is 2. The largest absolute Gasteiger partial charge is 0.467 e. The molecule has 0 aromatic heterocycles. The molecule has 1 saturated heterocycles. The number of ether oxygens (including phenoxy) is 1. The second-order valence-corrected chi connectivity index (χ2v) is 5.25. The van der Waals surface area contributed by atoms with Crippen molar-refractivity contribution in [2.45, 2.75) is 18.9 Å². The lowest BCUT2D eigenvalue weighted by molar-refractivity contribution is -0.145. The molecule has 2 rings (SSSR count). The SMILES string of the molecule is COC(=O)C1CCCN1C(=O)c1cc(F)cc(Br)c1. The molecule has 0 radical (unpaired) electrons. The molecule has 0 spiro atoms. The molecule has 0 N–H and O–H groups in total. The zero-order valence-electron chi connectivity index (χ0n) is 10.4. The van der Waals surface area contributed by atoms with Crippen molar-refractivity contribution in [3.8, 4) is 0 Å². The predicted octanol–water partition coefficient (Wildman–Crippen LogP) is 2.37. The van der Waals surface area contributed by atoms with E-state index in [1.165, 1.54) is 30.2 Å². The van der Waals surface area contributed by atoms with Gasteiger partial charge in [-0.15, -0.1) is 0 Å². The van der Waals surface area contributed by atoms with Crippen molar-refractivity contribution >= 4 is 27.8 Å². The highest BCUT2D eigenvalue weighted by Gasteiger charge is 2.35. The molecule has 0 saturated carbocycles. The number of amides is 1. The molecule has 1 atom stereocenters. The number of nitrogens with zero attached hydrogens (tertiary/aromatic N) is 1. The van der Waals surface area contributed by atoms with Crippen LogP contribution in [0.15, 0.2) is 22.7 Å². The summed E-state index contributed by atoms with van der Waals surface area (Å²) in [7, 11) is 1.29. The number of likely N-dealkylation sites (tertiary alicyclic amines) is 1. The molecule has 1 heterocycles. The van der Waals surface area contributed by atoms with Crippen LogP contribution in [-0.4, -0.2) is 36.5 Å². The lowest BCUT2D eigenvalue weighted by Crippen LogP contribution is -2.41. The number of hydrogen-bond donors (Lipinski definition) is 0. The van der Waals surface area contributed by atoms with E-state index in [0.717, 1.165) is 6.42 Å². The van der Waals surface area contributed by atoms with Gasteiger partial charge in [0.15, 0.2) is 0 Å². The molecule has 1 amide bonds. The highest BCUT2D eigenvalue weighted by Crippen LogP contribution is 2.23. The Bertz CT molecular complexity index is 500. The van der Waals surface area contributed by atoms with Gasteiger partial charge in [0.1, 0.15) is 11.9 Å². The summed E-state index contributed by atoms with van der Waals surface area (Å²) in [6.45, 7) is 0.479. The van der Waals surface area contributed by atoms with Crippen molar-refractivity contribution in [1.82, 2.24) is 4.90 Å². The van der Waals surface area contributed by atoms with Crippen molar-refractivity contribution in [3.63, 3.8) is 0 Å². The number of carbonyl (C=O) groups is 2. The predicted molar refractivity (Wildman–Crippen MR) is 70.2 cm³/mol. The van der Waals surface area contributed by atoms with E-state index < -0.39 is 17.8 Å². The fourth-order valence-corrected chi connectivity index (χ4v) is 2.70. The maximum absolute atomic E-state index is 13.3. The molecule has 0 aliphatic carbocycles. The van der Waals surface area contributed by atoms with Crippen LogP contribution in [0, 0.1) is 5.82 Å². The maximum atomic E-state index is 13.3. The number of halogens is 2. The highest BCUT2D eigenvalue weighted by molar-refractivity contribution is 9.10. The lowest BCUT2D eigenvalue weighted by atomic mass is 10.1. The third kappa shape index (κ3) is 2.94. The number of hydrogen-bond acceptors (Lipinski definition) is 3. The van der Waals surface area contributed by atoms with Crippen LogP contribution in [0.25, 0.3) is 0 Å². The number of esters is 1. The Morgan fingerprint density at radius 1 is 1.42 bits per heavy atom. The topological polar surface area (TPSA) is 46.6 Å². The van der Waals surface area contributed by atoms with E-state index in [2.05, 4.69) is 20.7 Å². The Labute approximate surface area is 118 Å². The molecule has 0 bridgehead atoms. The van der Waals surface area contributed by atoms with Crippen molar-refractivity contribution in [2.75, 3.05) is 13.7 Å². The van der Waals surface area contributed by atoms with Crippen LogP contribution >= 0.6 is 15.9 Å². The summed E-state index contributed by atoms with van der Waals surface area (Å²) in [5.74, 6) is -1.28. The van der Waals surface area contributed by atoms with E-state index in [1.807, 2.05) is 0 Å². The van der Waals surface area contributed by atoms with Crippen molar-refractivity contribution in [2.24, 2.45) is 0 Å². The van der Waals surface area contributed by atoms with Gasteiger partial charge in [-0.3, -0.25) is 4.79 Å². The summed E-state index contributed by atoms with van der Waals surface area (Å²) in [4.78, 5) is 25.3. The van der Waals surface area contributed by atoms with Crippen LogP contribution in [0.3, 0.4) is 0 Å². The van der Waals surface area contributed by atoms with Gasteiger partial charge in [-0.1, -0.05) is 15.9 Å². The van der Waals surface area contributed by atoms with Crippen LogP contribution in [0.4, 0.5) is 4.39 Å². The molecular weight excluding hydrogens is 317 g/mol. The Hall–Kier alpha value is -1.43. The molecule has 19 heavy (non-hydrogen) atoms. The normalized spacial score (nSPS) is 18.5. The van der Waals surface area contributed by atoms with Crippen LogP contribution in [0.5, 0.6) is 0 Å². The summed E-state index contributed by atoms with van der Waals surface area (Å²) in [5.41, 5.74) is 0.225. The van der Waals surface area contributed by atoms with Crippen molar-refractivity contribution < 1.29 is 18.7 Å². The van der Waals surface area contributed by atoms with Gasteiger partial charge in [0.2, 0.25) is 0 Å². The van der Waals surface area contributed by atoms with Crippen LogP contribution in [-0.2, 0) is 9.53 Å². The Balaban J connectivity index is 2.25. The van der Waals surface area contributed by atoms with Crippen molar-refractivity contribution in [1.29, 1.82) is 0 Å². The Kier molecular flexibility index (Phi) is 4.19. The summed E-state index contributed by atoms with van der Waals surface area (Å²) in [6, 6.07) is 3.41. The molecule has 4 nitrogen and oxygen atoms in total. The number of benzene rings is 1. The molecule has 1 fully saturated rings. The van der Waals surface area contributed by atoms with E-state index >= 15 is 0 Å². The molecular formula is C13H13BrFNO3. The molecule has 1 unspecified atom stereocenters. The minimum absolute atomic E-state index is 0.225. The lowest BCUT2D eigenvalue weighted by Gasteiger charge is -2.22. The molecule has 102 valence electrons. The Morgan fingerprint density at radius 3 is 2.79 bits per heavy atom. The average Bonchev–Trinajstić information content (AvgIpc) is 2.84. The van der Waals surface area contributed by atoms with Gasteiger partial charge < -0.3 is 9.64 Å². The quantitative estimate of drug-likeness (QED) is 0.782. The fraction of sp³-hybridized carbons (Fsp3) is 0.385. The van der Waals surface area contributed by atoms with E-state index in [4.69, 9.17) is 0 Å². The third-order valence-corrected chi connectivity index (χ3v) is 3.55. The van der Waals surface area contributed by atoms with Gasteiger partial charge in [-0.25, -0.2) is 9.18 Å². The summed E-state index contributed by atoms with van der Waals surface area (Å²) >= 11 is 3.15. The van der Waals surface area contributed by atoms with Crippen molar-refractivity contribution in [3.05, 3.63) is 34.1 Å². The van der Waals surface area contributed by atoms with E-state index in [-0.39, 0.29) is 11.5 Å². The first-order valence-electron chi connectivity index (χ1n) is 5.88. The molecule has 1 aromatic rings. The van der Waals surface area contributed by atoms with Gasteiger partial charge in [0.25, 0.3) is 5.91 Å². The van der Waals surface area contributed by atoms with Gasteiger partial charge in [0, 0.05) is 16.6 Å². The summed E-state index contributed by atoms with van der Waals surface area (Å²) in [5, 5.41) is 0. The number of rotatable bonds is 2. The first-order chi connectivity index (χ1) is 9.02. The van der Waals surface area contributed by atoms with E-state index in [1.54, 1.807) is 0 Å². The smallest absolute Gasteiger partial charge is 0.328 e. The van der Waals surface area contributed by atoms with Gasteiger partial charge in [0.05, 0.1) is 7.11 Å². The molecule has 6 heteroatoms. The first-order valence-corrected chi connectivity index (χ1v) is 6.67. The van der Waals surface area contributed by atoms with Crippen LogP contribution in [0.2, 0.25) is 0 Å². The minimum atomic E-state index is -0.570. The first kappa shape index (κ1) is 14.0. The van der Waals surface area contributed by atoms with Gasteiger partial charge in [-0.05, 0) is 31.0 Å². The zero-order valence-corrected chi connectivity index (χ0v) is 11.9. The third-order valence-electron chi connectivity index (χ3n) is 3.10. The summed E-state index contributed by atoms with van der Waals surface area (Å²) < 4.78 is 18.5. The zero-order chi connectivity index (χ0) is 14.0. The Morgan fingerprint density at radius 2 is 2.16 bits per heavy atom. The van der Waals surface area contributed by atoms with E-state index in [9.17, 15) is 14.0 Å². The molecule has 1 aliphatic heterocycles. The van der Waals surface area contributed by atoms with Gasteiger partial charge in [-0.2, -0.15) is 0 Å². The van der Waals surface area contributed by atoms with Crippen LogP contribution in [0.1, 0.15) is 23.2 Å². The highest BCUT2D eigenvalue weighted by atomic mass is 79.9. The average molecular weight is 330 g/mol. The molecule has 1 aromatic carbocycles. The van der Waals surface area contributed by atoms with E-state index in [0.29, 0.717) is 17.4 Å². The minimum Gasteiger partial charge on any atom is -0.467 e. The maximum Gasteiger partial charge on any atom is 0.328 e. The van der Waals surface area contributed by atoms with Crippen LogP contribution < -0.4 is 0 Å². The number of methoxy groups -OCH3 is 1. The fourth-order valence-electron chi connectivity index (χ4n) is 2.23. The monoisotopic (exact) mass is 329 g/mol. The standard InChI is InChI=1S/C13H13BrFNO3/c1-19-13(18)11-3-2-4-16(11)12(17)8-5-9(14)7-10(15)6-8/h5-7,11H,2-4H2,1H3.